The summed E-state index contributed by atoms with van der Waals surface area (Å²) in [5.74, 6) is 1.15. The number of hydrogen-bond acceptors (Lipinski definition) is 3. The first-order valence-corrected chi connectivity index (χ1v) is 8.68. The Morgan fingerprint density at radius 2 is 2.22 bits per heavy atom. The summed E-state index contributed by atoms with van der Waals surface area (Å²) in [7, 11) is 0. The molecule has 2 aromatic rings. The molecule has 0 radical (unpaired) electrons. The van der Waals surface area contributed by atoms with Gasteiger partial charge >= 0.3 is 5.69 Å². The topological polar surface area (TPSA) is 51.9 Å². The number of rotatable bonds is 4. The van der Waals surface area contributed by atoms with Crippen LogP contribution in [0.4, 0.5) is 0 Å². The highest BCUT2D eigenvalue weighted by Crippen LogP contribution is 2.26. The van der Waals surface area contributed by atoms with Crippen LogP contribution >= 0.6 is 23.2 Å². The Labute approximate surface area is 145 Å². The van der Waals surface area contributed by atoms with Crippen molar-refractivity contribution in [2.75, 3.05) is 13.1 Å². The smallest absolute Gasteiger partial charge is 0.316 e. The van der Waals surface area contributed by atoms with E-state index in [-0.39, 0.29) is 11.6 Å². The Morgan fingerprint density at radius 3 is 2.91 bits per heavy atom. The molecule has 0 spiro atoms. The van der Waals surface area contributed by atoms with Gasteiger partial charge in [-0.05, 0) is 37.9 Å². The summed E-state index contributed by atoms with van der Waals surface area (Å²) < 4.78 is 3.25. The normalized spacial score (nSPS) is 18.3. The average molecular weight is 355 g/mol. The molecule has 1 aliphatic rings. The third kappa shape index (κ3) is 3.32. The van der Waals surface area contributed by atoms with Crippen LogP contribution in [-0.4, -0.2) is 27.4 Å². The molecular formula is C16H20Cl2N4O. The molecule has 1 aromatic heterocycles. The fraction of sp³-hybridized carbons (Fsp3) is 0.500. The highest BCUT2D eigenvalue weighted by atomic mass is 35.5. The van der Waals surface area contributed by atoms with Crippen molar-refractivity contribution in [1.29, 1.82) is 0 Å². The molecule has 1 aliphatic heterocycles. The molecular weight excluding hydrogens is 335 g/mol. The first-order chi connectivity index (χ1) is 11.1. The molecule has 0 bridgehead atoms. The van der Waals surface area contributed by atoms with Gasteiger partial charge in [0.25, 0.3) is 0 Å². The second-order valence-corrected chi connectivity index (χ2v) is 6.58. The van der Waals surface area contributed by atoms with Gasteiger partial charge in [0.2, 0.25) is 0 Å². The standard InChI is InChI=1S/C16H20Cl2N4O/c1-2-21-15(11-6-4-8-19-9-11)20-22(16(21)23)10-12-5-3-7-13(17)14(12)18/h3,5,7,11,19H,2,4,6,8-10H2,1H3. The minimum atomic E-state index is -0.0934. The van der Waals surface area contributed by atoms with Crippen molar-refractivity contribution in [3.05, 3.63) is 50.1 Å². The molecule has 1 fully saturated rings. The van der Waals surface area contributed by atoms with Gasteiger partial charge in [0.1, 0.15) is 5.82 Å². The molecule has 3 rings (SSSR count). The van der Waals surface area contributed by atoms with Crippen molar-refractivity contribution in [3.63, 3.8) is 0 Å². The Morgan fingerprint density at radius 1 is 1.39 bits per heavy atom. The molecule has 0 amide bonds. The Kier molecular flexibility index (Phi) is 5.09. The molecule has 1 saturated heterocycles. The third-order valence-corrected chi connectivity index (χ3v) is 5.14. The van der Waals surface area contributed by atoms with Gasteiger partial charge < -0.3 is 5.32 Å². The molecule has 5 nitrogen and oxygen atoms in total. The number of halogens is 2. The van der Waals surface area contributed by atoms with E-state index < -0.39 is 0 Å². The van der Waals surface area contributed by atoms with E-state index in [1.807, 2.05) is 19.1 Å². The lowest BCUT2D eigenvalue weighted by molar-refractivity contribution is 0.431. The van der Waals surface area contributed by atoms with Crippen LogP contribution in [0.3, 0.4) is 0 Å². The van der Waals surface area contributed by atoms with Crippen molar-refractivity contribution in [2.24, 2.45) is 0 Å². The van der Waals surface area contributed by atoms with Crippen molar-refractivity contribution in [3.8, 4) is 0 Å². The fourth-order valence-corrected chi connectivity index (χ4v) is 3.44. The third-order valence-electron chi connectivity index (χ3n) is 4.28. The van der Waals surface area contributed by atoms with Crippen LogP contribution in [0.1, 0.15) is 37.1 Å². The second-order valence-electron chi connectivity index (χ2n) is 5.80. The summed E-state index contributed by atoms with van der Waals surface area (Å²) >= 11 is 12.3. The van der Waals surface area contributed by atoms with E-state index in [4.69, 9.17) is 23.2 Å². The molecule has 1 N–H and O–H groups in total. The summed E-state index contributed by atoms with van der Waals surface area (Å²) in [4.78, 5) is 12.6. The number of nitrogens with zero attached hydrogens (tertiary/aromatic N) is 3. The molecule has 1 atom stereocenters. The van der Waals surface area contributed by atoms with Gasteiger partial charge in [-0.3, -0.25) is 4.57 Å². The van der Waals surface area contributed by atoms with Crippen molar-refractivity contribution < 1.29 is 0 Å². The van der Waals surface area contributed by atoms with Crippen molar-refractivity contribution in [2.45, 2.75) is 38.8 Å². The van der Waals surface area contributed by atoms with E-state index in [9.17, 15) is 4.79 Å². The van der Waals surface area contributed by atoms with E-state index in [1.165, 1.54) is 4.68 Å². The highest BCUT2D eigenvalue weighted by Gasteiger charge is 2.23. The van der Waals surface area contributed by atoms with Gasteiger partial charge in [0.15, 0.2) is 0 Å². The second kappa shape index (κ2) is 7.07. The molecule has 1 unspecified atom stereocenters. The largest absolute Gasteiger partial charge is 0.346 e. The van der Waals surface area contributed by atoms with Gasteiger partial charge in [0.05, 0.1) is 16.6 Å². The molecule has 2 heterocycles. The Hall–Kier alpha value is -1.30. The zero-order valence-electron chi connectivity index (χ0n) is 13.1. The van der Waals surface area contributed by atoms with Gasteiger partial charge in [0, 0.05) is 19.0 Å². The van der Waals surface area contributed by atoms with Crippen LogP contribution in [0.25, 0.3) is 0 Å². The van der Waals surface area contributed by atoms with E-state index in [1.54, 1.807) is 10.6 Å². The van der Waals surface area contributed by atoms with Gasteiger partial charge in [-0.25, -0.2) is 9.48 Å². The van der Waals surface area contributed by atoms with Crippen molar-refractivity contribution in [1.82, 2.24) is 19.7 Å². The maximum atomic E-state index is 12.6. The fourth-order valence-electron chi connectivity index (χ4n) is 3.06. The number of aromatic nitrogens is 3. The Bertz CT molecular complexity index is 747. The minimum absolute atomic E-state index is 0.0934. The van der Waals surface area contributed by atoms with Crippen LogP contribution in [-0.2, 0) is 13.1 Å². The number of benzene rings is 1. The first-order valence-electron chi connectivity index (χ1n) is 7.93. The number of nitrogens with one attached hydrogen (secondary N) is 1. The predicted molar refractivity (Wildman–Crippen MR) is 92.6 cm³/mol. The van der Waals surface area contributed by atoms with Gasteiger partial charge in [-0.2, -0.15) is 5.10 Å². The van der Waals surface area contributed by atoms with Gasteiger partial charge in [-0.15, -0.1) is 0 Å². The summed E-state index contributed by atoms with van der Waals surface area (Å²) in [6, 6.07) is 5.44. The molecule has 1 aromatic carbocycles. The first kappa shape index (κ1) is 16.6. The van der Waals surface area contributed by atoms with E-state index in [0.29, 0.717) is 23.1 Å². The number of hydrogen-bond donors (Lipinski definition) is 1. The van der Waals surface area contributed by atoms with E-state index in [2.05, 4.69) is 10.4 Å². The van der Waals surface area contributed by atoms with Crippen LogP contribution in [0.15, 0.2) is 23.0 Å². The van der Waals surface area contributed by atoms with E-state index >= 15 is 0 Å². The average Bonchev–Trinajstić information content (AvgIpc) is 2.88. The molecule has 0 aliphatic carbocycles. The minimum Gasteiger partial charge on any atom is -0.316 e. The zero-order chi connectivity index (χ0) is 16.4. The molecule has 23 heavy (non-hydrogen) atoms. The lowest BCUT2D eigenvalue weighted by atomic mass is 9.99. The quantitative estimate of drug-likeness (QED) is 0.918. The van der Waals surface area contributed by atoms with Crippen LogP contribution in [0.2, 0.25) is 10.0 Å². The van der Waals surface area contributed by atoms with Crippen LogP contribution in [0, 0.1) is 0 Å². The lowest BCUT2D eigenvalue weighted by Gasteiger charge is -2.21. The van der Waals surface area contributed by atoms with E-state index in [0.717, 1.165) is 37.3 Å². The van der Waals surface area contributed by atoms with Gasteiger partial charge in [-0.1, -0.05) is 35.3 Å². The predicted octanol–water partition coefficient (Wildman–Crippen LogP) is 2.89. The summed E-state index contributed by atoms with van der Waals surface area (Å²) in [5.41, 5.74) is 0.708. The molecule has 124 valence electrons. The zero-order valence-corrected chi connectivity index (χ0v) is 14.6. The highest BCUT2D eigenvalue weighted by molar-refractivity contribution is 6.42. The lowest BCUT2D eigenvalue weighted by Crippen LogP contribution is -2.31. The molecule has 0 saturated carbocycles. The maximum absolute atomic E-state index is 12.6. The summed E-state index contributed by atoms with van der Waals surface area (Å²) in [6.45, 7) is 4.83. The molecule has 7 heteroatoms. The summed E-state index contributed by atoms with van der Waals surface area (Å²) in [5, 5.41) is 8.94. The Balaban J connectivity index is 1.95. The van der Waals surface area contributed by atoms with Crippen LogP contribution in [0.5, 0.6) is 0 Å². The van der Waals surface area contributed by atoms with Crippen molar-refractivity contribution >= 4 is 23.2 Å². The number of piperidine rings is 1. The summed E-state index contributed by atoms with van der Waals surface area (Å²) in [6.07, 6.45) is 2.16. The SMILES string of the molecule is CCn1c(C2CCCNC2)nn(Cc2cccc(Cl)c2Cl)c1=O. The monoisotopic (exact) mass is 354 g/mol. The van der Waals surface area contributed by atoms with Crippen LogP contribution < -0.4 is 11.0 Å². The maximum Gasteiger partial charge on any atom is 0.346 e.